The van der Waals surface area contributed by atoms with Crippen LogP contribution in [0.1, 0.15) is 58.1 Å². The quantitative estimate of drug-likeness (QED) is 0.105. The Morgan fingerprint density at radius 3 is 2.68 bits per heavy atom. The van der Waals surface area contributed by atoms with Gasteiger partial charge >= 0.3 is 11.9 Å². The summed E-state index contributed by atoms with van der Waals surface area (Å²) in [6.45, 7) is 7.95. The zero-order valence-corrected chi connectivity index (χ0v) is 29.5. The lowest BCUT2D eigenvalue weighted by Gasteiger charge is -2.40. The molecule has 0 saturated carbocycles. The highest BCUT2D eigenvalue weighted by molar-refractivity contribution is 8.15. The molecule has 4 rings (SSSR count). The van der Waals surface area contributed by atoms with Crippen LogP contribution in [0.5, 0.6) is 5.75 Å². The summed E-state index contributed by atoms with van der Waals surface area (Å²) in [5.41, 5.74) is 0.366. The van der Waals surface area contributed by atoms with Gasteiger partial charge in [0.25, 0.3) is 0 Å². The van der Waals surface area contributed by atoms with Crippen molar-refractivity contribution in [3.63, 3.8) is 0 Å². The van der Waals surface area contributed by atoms with Crippen LogP contribution in [-0.4, -0.2) is 105 Å². The van der Waals surface area contributed by atoms with Crippen LogP contribution in [0, 0.1) is 5.41 Å². The van der Waals surface area contributed by atoms with Crippen LogP contribution in [0.2, 0.25) is 0 Å². The van der Waals surface area contributed by atoms with E-state index in [0.29, 0.717) is 10.8 Å². The van der Waals surface area contributed by atoms with Crippen LogP contribution in [0.25, 0.3) is 0 Å². The van der Waals surface area contributed by atoms with Gasteiger partial charge in [0.1, 0.15) is 22.8 Å². The Morgan fingerprint density at radius 2 is 2.02 bits per heavy atom. The van der Waals surface area contributed by atoms with Crippen molar-refractivity contribution < 1.29 is 28.9 Å². The van der Waals surface area contributed by atoms with Crippen molar-refractivity contribution in [3.05, 3.63) is 29.3 Å². The first-order chi connectivity index (χ1) is 21.0. The Hall–Kier alpha value is -1.44. The number of thioether (sulfide) groups is 3. The van der Waals surface area contributed by atoms with E-state index in [1.807, 2.05) is 37.7 Å². The van der Waals surface area contributed by atoms with Gasteiger partial charge in [0, 0.05) is 24.4 Å². The summed E-state index contributed by atoms with van der Waals surface area (Å²) in [7, 11) is 3.68. The highest BCUT2D eigenvalue weighted by Crippen LogP contribution is 2.45. The van der Waals surface area contributed by atoms with Gasteiger partial charge in [-0.2, -0.15) is 0 Å². The minimum absolute atomic E-state index is 0.0231. The number of likely N-dealkylation sites (N-methyl/N-ethyl adjacent to an activating group) is 1. The second-order valence-corrected chi connectivity index (χ2v) is 15.5. The lowest BCUT2D eigenvalue weighted by molar-refractivity contribution is -0.153. The number of carbonyl (C=O) groups excluding carboxylic acids is 1. The number of nitrogens with zero attached hydrogens (tertiary/aromatic N) is 3. The lowest BCUT2D eigenvalue weighted by Crippen LogP contribution is -2.54. The molecule has 3 aliphatic rings. The standard InChI is InChI=1S/C31H44ClN3O6S3/c1-7-8-9-11-19-12-10-13-22(40-18-39-6)24(19)26-33-20(15-42-26)27-35(5)21(16-43-27)25(41-23(36)14-32)30(2,3)28-34-31(4,17-44-28)29(37)38/h10,12-13,20-21,25,27H,7-9,11,14-18H2,1-6H3,(H,37,38)/t20-,21+,25-,27-,31-/m1/s1. The van der Waals surface area contributed by atoms with Gasteiger partial charge in [0.05, 0.1) is 33.5 Å². The number of aliphatic carboxylic acids is 1. The number of aryl methyl sites for hydroxylation is 1. The first-order valence-corrected chi connectivity index (χ1v) is 18.5. The number of esters is 1. The summed E-state index contributed by atoms with van der Waals surface area (Å²) in [5.74, 6) is 0.944. The maximum absolute atomic E-state index is 12.6. The molecule has 0 unspecified atom stereocenters. The topological polar surface area (TPSA) is 110 Å². The van der Waals surface area contributed by atoms with Crippen molar-refractivity contribution >= 4 is 68.9 Å². The minimum atomic E-state index is -1.21. The molecule has 9 nitrogen and oxygen atoms in total. The maximum atomic E-state index is 12.6. The van der Waals surface area contributed by atoms with Gasteiger partial charge in [-0.3, -0.25) is 19.7 Å². The Labute approximate surface area is 278 Å². The number of rotatable bonds is 15. The number of carbonyl (C=O) groups is 2. The number of hydrogen-bond acceptors (Lipinski definition) is 11. The monoisotopic (exact) mass is 685 g/mol. The predicted octanol–water partition coefficient (Wildman–Crippen LogP) is 5.80. The summed E-state index contributed by atoms with van der Waals surface area (Å²) in [4.78, 5) is 36.7. The lowest BCUT2D eigenvalue weighted by atomic mass is 9.82. The van der Waals surface area contributed by atoms with E-state index in [1.165, 1.54) is 23.7 Å². The number of carboxylic acid groups (broad SMARTS) is 1. The molecule has 244 valence electrons. The molecule has 1 N–H and O–H groups in total. The number of alkyl halides is 1. The van der Waals surface area contributed by atoms with Crippen LogP contribution in [0.3, 0.4) is 0 Å². The largest absolute Gasteiger partial charge is 0.479 e. The van der Waals surface area contributed by atoms with Gasteiger partial charge in [-0.05, 0) is 38.4 Å². The number of carboxylic acids is 1. The van der Waals surface area contributed by atoms with E-state index in [9.17, 15) is 14.7 Å². The molecule has 13 heteroatoms. The molecule has 5 atom stereocenters. The van der Waals surface area contributed by atoms with Gasteiger partial charge in [0.2, 0.25) is 0 Å². The van der Waals surface area contributed by atoms with E-state index in [0.717, 1.165) is 47.1 Å². The molecule has 3 heterocycles. The number of ether oxygens (including phenoxy) is 3. The van der Waals surface area contributed by atoms with E-state index >= 15 is 0 Å². The van der Waals surface area contributed by atoms with Crippen molar-refractivity contribution in [2.24, 2.45) is 15.4 Å². The summed E-state index contributed by atoms with van der Waals surface area (Å²) in [6.07, 6.45) is 3.81. The molecule has 3 aliphatic heterocycles. The molecule has 1 fully saturated rings. The Balaban J connectivity index is 1.59. The molecule has 0 radical (unpaired) electrons. The first-order valence-electron chi connectivity index (χ1n) is 15.0. The maximum Gasteiger partial charge on any atom is 0.332 e. The normalized spacial score (nSPS) is 26.4. The smallest absolute Gasteiger partial charge is 0.332 e. The zero-order chi connectivity index (χ0) is 32.1. The fourth-order valence-electron chi connectivity index (χ4n) is 5.75. The van der Waals surface area contributed by atoms with Gasteiger partial charge in [-0.1, -0.05) is 45.7 Å². The van der Waals surface area contributed by atoms with Gasteiger partial charge in [-0.15, -0.1) is 46.9 Å². The number of aliphatic imine (C=N–C) groups is 2. The summed E-state index contributed by atoms with van der Waals surface area (Å²) in [5, 5.41) is 11.5. The van der Waals surface area contributed by atoms with Crippen LogP contribution in [0.4, 0.5) is 0 Å². The SMILES string of the molecule is CCCCCc1cccc(OCOC)c1C1=N[C@@H]([C@H]2SC[C@@H]([C@@H](OC(=O)CCl)C(C)(C)C3=N[C@@](C)(C(=O)O)CS3)N2C)CS1. The van der Waals surface area contributed by atoms with Crippen molar-refractivity contribution in [3.8, 4) is 5.75 Å². The second kappa shape index (κ2) is 15.4. The fourth-order valence-corrected chi connectivity index (χ4v) is 10.0. The molecule has 0 bridgehead atoms. The van der Waals surface area contributed by atoms with E-state index in [4.69, 9.17) is 30.8 Å². The molecule has 1 aromatic carbocycles. The predicted molar refractivity (Wildman–Crippen MR) is 183 cm³/mol. The van der Waals surface area contributed by atoms with Gasteiger partial charge < -0.3 is 19.3 Å². The summed E-state index contributed by atoms with van der Waals surface area (Å²) in [6, 6.07) is 6.07. The summed E-state index contributed by atoms with van der Waals surface area (Å²) < 4.78 is 17.3. The highest BCUT2D eigenvalue weighted by atomic mass is 35.5. The molecular weight excluding hydrogens is 642 g/mol. The van der Waals surface area contributed by atoms with Crippen molar-refractivity contribution in [1.82, 2.24) is 4.90 Å². The molecule has 1 aromatic rings. The molecule has 1 saturated heterocycles. The average Bonchev–Trinajstić information content (AvgIpc) is 3.74. The Bertz CT molecular complexity index is 1260. The molecule has 0 amide bonds. The molecule has 0 spiro atoms. The first kappa shape index (κ1) is 35.4. The molecule has 44 heavy (non-hydrogen) atoms. The van der Waals surface area contributed by atoms with Crippen molar-refractivity contribution in [1.29, 1.82) is 0 Å². The molecule has 0 aromatic heterocycles. The highest BCUT2D eigenvalue weighted by Gasteiger charge is 2.52. The molecular formula is C31H44ClN3O6S3. The third kappa shape index (κ3) is 7.74. The Morgan fingerprint density at radius 1 is 1.25 bits per heavy atom. The third-order valence-electron chi connectivity index (χ3n) is 8.35. The second-order valence-electron chi connectivity index (χ2n) is 12.1. The van der Waals surface area contributed by atoms with Crippen molar-refractivity contribution in [2.45, 2.75) is 82.5 Å². The van der Waals surface area contributed by atoms with Crippen LogP contribution in [-0.2, 0) is 25.5 Å². The third-order valence-corrected chi connectivity index (χ3v) is 12.8. The molecule has 0 aliphatic carbocycles. The van der Waals surface area contributed by atoms with Crippen LogP contribution >= 0.6 is 46.9 Å². The van der Waals surface area contributed by atoms with Gasteiger partial charge in [-0.25, -0.2) is 4.79 Å². The number of benzene rings is 1. The fraction of sp³-hybridized carbons (Fsp3) is 0.677. The van der Waals surface area contributed by atoms with E-state index < -0.39 is 29.0 Å². The average molecular weight is 686 g/mol. The van der Waals surface area contributed by atoms with Crippen LogP contribution < -0.4 is 4.74 Å². The zero-order valence-electron chi connectivity index (χ0n) is 26.3. The summed E-state index contributed by atoms with van der Waals surface area (Å²) >= 11 is 10.9. The van der Waals surface area contributed by atoms with E-state index in [1.54, 1.807) is 25.8 Å². The van der Waals surface area contributed by atoms with E-state index in [-0.39, 0.29) is 30.1 Å². The van der Waals surface area contributed by atoms with E-state index in [2.05, 4.69) is 29.9 Å². The number of hydrogen-bond donors (Lipinski definition) is 1. The number of halogens is 1. The number of unbranched alkanes of at least 4 members (excludes halogenated alkanes) is 2. The number of methoxy groups -OCH3 is 1. The Kier molecular flexibility index (Phi) is 12.4. The van der Waals surface area contributed by atoms with Crippen LogP contribution in [0.15, 0.2) is 28.2 Å². The van der Waals surface area contributed by atoms with Crippen molar-refractivity contribution in [2.75, 3.05) is 44.1 Å². The van der Waals surface area contributed by atoms with Gasteiger partial charge in [0.15, 0.2) is 12.3 Å². The minimum Gasteiger partial charge on any atom is -0.479 e.